The number of aryl methyl sites for hydroxylation is 2. The standard InChI is InChI=1S/C19H28N4O3S/c1-12(2)9-15(20-5)11-26-17-10-16(21-19(22-17)23-27(24)25)18-13(3)7-6-8-14(18)4/h6-8,10,12,15,20,27H,9,11H2,1-5H3,(H,21,22,23,24,25)/t15-/m1/s1. The van der Waals surface area contributed by atoms with Crippen molar-refractivity contribution in [3.63, 3.8) is 0 Å². The number of thiol groups is 1. The molecule has 8 heteroatoms. The molecular weight excluding hydrogens is 364 g/mol. The number of rotatable bonds is 9. The summed E-state index contributed by atoms with van der Waals surface area (Å²) in [4.78, 5) is 8.55. The average Bonchev–Trinajstić information content (AvgIpc) is 2.57. The van der Waals surface area contributed by atoms with Gasteiger partial charge >= 0.3 is 0 Å². The number of likely N-dealkylation sites (N-methyl/N-ethyl adjacent to an activating group) is 1. The molecule has 0 amide bonds. The van der Waals surface area contributed by atoms with Gasteiger partial charge in [0.15, 0.2) is 0 Å². The highest BCUT2D eigenvalue weighted by Crippen LogP contribution is 2.28. The molecule has 2 aromatic rings. The van der Waals surface area contributed by atoms with Gasteiger partial charge in [0.05, 0.1) is 5.69 Å². The first kappa shape index (κ1) is 21.1. The summed E-state index contributed by atoms with van der Waals surface area (Å²) in [5.41, 5.74) is 3.66. The van der Waals surface area contributed by atoms with Gasteiger partial charge in [0.1, 0.15) is 6.61 Å². The van der Waals surface area contributed by atoms with Crippen molar-refractivity contribution in [2.75, 3.05) is 18.4 Å². The first-order chi connectivity index (χ1) is 12.8. The van der Waals surface area contributed by atoms with E-state index < -0.39 is 10.9 Å². The highest BCUT2D eigenvalue weighted by atomic mass is 32.2. The summed E-state index contributed by atoms with van der Waals surface area (Å²) in [5.74, 6) is 0.875. The molecule has 0 aliphatic rings. The van der Waals surface area contributed by atoms with Crippen LogP contribution in [0.5, 0.6) is 5.88 Å². The van der Waals surface area contributed by atoms with E-state index >= 15 is 0 Å². The topological polar surface area (TPSA) is 93.2 Å². The Kier molecular flexibility index (Phi) is 7.55. The molecule has 2 N–H and O–H groups in total. The summed E-state index contributed by atoms with van der Waals surface area (Å²) in [6, 6.07) is 7.89. The van der Waals surface area contributed by atoms with E-state index in [4.69, 9.17) is 4.74 Å². The Bertz CT molecular complexity index is 825. The van der Waals surface area contributed by atoms with Gasteiger partial charge in [-0.3, -0.25) is 4.72 Å². The molecule has 0 saturated carbocycles. The monoisotopic (exact) mass is 392 g/mol. The van der Waals surface area contributed by atoms with Crippen molar-refractivity contribution in [2.24, 2.45) is 5.92 Å². The minimum atomic E-state index is -2.87. The van der Waals surface area contributed by atoms with Crippen molar-refractivity contribution in [3.8, 4) is 17.1 Å². The van der Waals surface area contributed by atoms with Crippen molar-refractivity contribution >= 4 is 16.8 Å². The van der Waals surface area contributed by atoms with Crippen molar-refractivity contribution in [1.29, 1.82) is 0 Å². The molecule has 0 fully saturated rings. The Balaban J connectivity index is 2.37. The molecule has 0 aliphatic heterocycles. The third-order valence-corrected chi connectivity index (χ3v) is 4.61. The van der Waals surface area contributed by atoms with Crippen LogP contribution in [-0.4, -0.2) is 38.1 Å². The molecule has 1 atom stereocenters. The highest BCUT2D eigenvalue weighted by Gasteiger charge is 2.14. The van der Waals surface area contributed by atoms with Crippen LogP contribution in [0.15, 0.2) is 24.3 Å². The second-order valence-electron chi connectivity index (χ2n) is 6.98. The maximum Gasteiger partial charge on any atom is 0.240 e. The lowest BCUT2D eigenvalue weighted by atomic mass is 10.00. The van der Waals surface area contributed by atoms with Crippen LogP contribution in [0.1, 0.15) is 31.4 Å². The Morgan fingerprint density at radius 2 is 1.81 bits per heavy atom. The van der Waals surface area contributed by atoms with Gasteiger partial charge in [-0.15, -0.1) is 0 Å². The molecule has 2 rings (SSSR count). The van der Waals surface area contributed by atoms with Gasteiger partial charge in [-0.2, -0.15) is 4.98 Å². The van der Waals surface area contributed by atoms with Crippen LogP contribution >= 0.6 is 0 Å². The van der Waals surface area contributed by atoms with Gasteiger partial charge in [0.2, 0.25) is 22.7 Å². The fraction of sp³-hybridized carbons (Fsp3) is 0.474. The first-order valence-electron chi connectivity index (χ1n) is 8.97. The second-order valence-corrected chi connectivity index (χ2v) is 7.71. The molecular formula is C19H28N4O3S. The maximum absolute atomic E-state index is 11.1. The van der Waals surface area contributed by atoms with Crippen LogP contribution in [0, 0.1) is 19.8 Å². The van der Waals surface area contributed by atoms with E-state index in [2.05, 4.69) is 33.9 Å². The molecule has 1 heterocycles. The number of hydrogen-bond donors (Lipinski definition) is 3. The van der Waals surface area contributed by atoms with Crippen LogP contribution in [0.3, 0.4) is 0 Å². The number of anilines is 1. The van der Waals surface area contributed by atoms with E-state index in [1.165, 1.54) is 0 Å². The minimum Gasteiger partial charge on any atom is -0.476 e. The zero-order valence-corrected chi connectivity index (χ0v) is 17.3. The van der Waals surface area contributed by atoms with Gasteiger partial charge in [-0.05, 0) is 44.4 Å². The van der Waals surface area contributed by atoms with Crippen LogP contribution in [0.2, 0.25) is 0 Å². The van der Waals surface area contributed by atoms with Crippen LogP contribution in [-0.2, 0) is 10.9 Å². The molecule has 0 bridgehead atoms. The molecule has 1 aromatic carbocycles. The van der Waals surface area contributed by atoms with E-state index in [-0.39, 0.29) is 12.0 Å². The number of ether oxygens (including phenoxy) is 1. The molecule has 0 saturated heterocycles. The van der Waals surface area contributed by atoms with E-state index in [0.29, 0.717) is 24.1 Å². The summed E-state index contributed by atoms with van der Waals surface area (Å²) < 4.78 is 30.3. The molecule has 27 heavy (non-hydrogen) atoms. The van der Waals surface area contributed by atoms with E-state index in [1.807, 2.05) is 39.1 Å². The Morgan fingerprint density at radius 1 is 1.15 bits per heavy atom. The lowest BCUT2D eigenvalue weighted by molar-refractivity contribution is 0.243. The normalized spacial score (nSPS) is 12.4. The SMILES string of the molecule is CN[C@@H](COc1cc(-c2c(C)cccc2C)nc(N[SH](=O)=O)n1)CC(C)C. The van der Waals surface area contributed by atoms with Crippen LogP contribution in [0.25, 0.3) is 11.3 Å². The van der Waals surface area contributed by atoms with Gasteiger partial charge in [0, 0.05) is 17.7 Å². The lowest BCUT2D eigenvalue weighted by Gasteiger charge is -2.19. The molecule has 0 unspecified atom stereocenters. The second kappa shape index (κ2) is 9.66. The van der Waals surface area contributed by atoms with E-state index in [9.17, 15) is 8.42 Å². The van der Waals surface area contributed by atoms with Gasteiger partial charge in [-0.1, -0.05) is 32.0 Å². The molecule has 148 valence electrons. The zero-order valence-electron chi connectivity index (χ0n) is 16.4. The summed E-state index contributed by atoms with van der Waals surface area (Å²) in [5, 5.41) is 3.23. The minimum absolute atomic E-state index is 0.00568. The zero-order chi connectivity index (χ0) is 20.0. The molecule has 0 spiro atoms. The molecule has 7 nitrogen and oxygen atoms in total. The van der Waals surface area contributed by atoms with Crippen LogP contribution < -0.4 is 14.8 Å². The van der Waals surface area contributed by atoms with Crippen molar-refractivity contribution in [2.45, 2.75) is 40.2 Å². The van der Waals surface area contributed by atoms with Gasteiger partial charge < -0.3 is 10.1 Å². The third kappa shape index (κ3) is 6.18. The smallest absolute Gasteiger partial charge is 0.240 e. The Hall–Kier alpha value is -2.19. The first-order valence-corrected chi connectivity index (χ1v) is 10.1. The van der Waals surface area contributed by atoms with Crippen LogP contribution in [0.4, 0.5) is 5.95 Å². The lowest BCUT2D eigenvalue weighted by Crippen LogP contribution is -2.33. The number of benzene rings is 1. The molecule has 1 aromatic heterocycles. The Labute approximate surface area is 162 Å². The molecule has 0 aliphatic carbocycles. The van der Waals surface area contributed by atoms with Crippen molar-refractivity contribution < 1.29 is 13.2 Å². The van der Waals surface area contributed by atoms with Crippen molar-refractivity contribution in [1.82, 2.24) is 15.3 Å². The largest absolute Gasteiger partial charge is 0.476 e. The number of nitrogens with one attached hydrogen (secondary N) is 2. The van der Waals surface area contributed by atoms with E-state index in [0.717, 1.165) is 23.1 Å². The third-order valence-electron chi connectivity index (χ3n) is 4.23. The predicted molar refractivity (Wildman–Crippen MR) is 109 cm³/mol. The maximum atomic E-state index is 11.1. The summed E-state index contributed by atoms with van der Waals surface area (Å²) in [7, 11) is -0.969. The number of hydrogen-bond acceptors (Lipinski definition) is 6. The average molecular weight is 393 g/mol. The summed E-state index contributed by atoms with van der Waals surface area (Å²) in [6.07, 6.45) is 0.961. The van der Waals surface area contributed by atoms with E-state index in [1.54, 1.807) is 6.07 Å². The summed E-state index contributed by atoms with van der Waals surface area (Å²) >= 11 is 0. The molecule has 0 radical (unpaired) electrons. The predicted octanol–water partition coefficient (Wildman–Crippen LogP) is 2.71. The highest BCUT2D eigenvalue weighted by molar-refractivity contribution is 7.73. The van der Waals surface area contributed by atoms with Crippen molar-refractivity contribution in [3.05, 3.63) is 35.4 Å². The Morgan fingerprint density at radius 3 is 2.37 bits per heavy atom. The fourth-order valence-corrected chi connectivity index (χ4v) is 3.26. The quantitative estimate of drug-likeness (QED) is 0.568. The fourth-order valence-electron chi connectivity index (χ4n) is 3.00. The number of nitrogens with zero attached hydrogens (tertiary/aromatic N) is 2. The van der Waals surface area contributed by atoms with Gasteiger partial charge in [-0.25, -0.2) is 13.4 Å². The van der Waals surface area contributed by atoms with Gasteiger partial charge in [0.25, 0.3) is 0 Å². The summed E-state index contributed by atoms with van der Waals surface area (Å²) in [6.45, 7) is 8.72. The number of aromatic nitrogens is 2.